The number of aromatic nitrogens is 1. The van der Waals surface area contributed by atoms with Crippen LogP contribution in [0.4, 0.5) is 0 Å². The topological polar surface area (TPSA) is 34.0 Å². The fourth-order valence-electron chi connectivity index (χ4n) is 2.68. The number of carbonyl (C=O) groups is 1. The third-order valence-corrected chi connectivity index (χ3v) is 4.41. The van der Waals surface area contributed by atoms with Crippen LogP contribution in [-0.4, -0.2) is 17.0 Å². The number of fused-ring (bicyclic) bond motifs is 1. The molecule has 1 amide bonds. The van der Waals surface area contributed by atoms with Gasteiger partial charge in [0.25, 0.3) is 5.91 Å². The Morgan fingerprint density at radius 3 is 2.73 bits per heavy atom. The van der Waals surface area contributed by atoms with E-state index in [1.165, 1.54) is 19.3 Å². The molecule has 0 unspecified atom stereocenters. The molecule has 4 heteroatoms. The fraction of sp³-hybridized carbons (Fsp3) is 0.500. The molecule has 0 atom stereocenters. The Labute approximate surface area is 141 Å². The highest BCUT2D eigenvalue weighted by Crippen LogP contribution is 2.27. The Hall–Kier alpha value is -1.29. The second-order valence-electron chi connectivity index (χ2n) is 6.02. The van der Waals surface area contributed by atoms with Gasteiger partial charge in [0.05, 0.1) is 11.1 Å². The van der Waals surface area contributed by atoms with Crippen molar-refractivity contribution in [2.24, 2.45) is 0 Å². The molecule has 0 saturated carbocycles. The van der Waals surface area contributed by atoms with E-state index in [4.69, 9.17) is 0 Å². The number of hydrogen-bond acceptors (Lipinski definition) is 1. The van der Waals surface area contributed by atoms with Crippen LogP contribution in [0.15, 0.2) is 28.9 Å². The van der Waals surface area contributed by atoms with Crippen molar-refractivity contribution < 1.29 is 4.79 Å². The largest absolute Gasteiger partial charge is 0.352 e. The molecule has 1 aromatic heterocycles. The minimum atomic E-state index is 0.0308. The van der Waals surface area contributed by atoms with E-state index >= 15 is 0 Å². The van der Waals surface area contributed by atoms with Crippen LogP contribution in [0.5, 0.6) is 0 Å². The van der Waals surface area contributed by atoms with Crippen molar-refractivity contribution in [2.75, 3.05) is 6.54 Å². The number of nitrogens with one attached hydrogen (secondary N) is 1. The SMILES string of the molecule is CCCCCCNC(=O)c1cn(C(C)C)c2cc(Br)ccc12. The Kier molecular flexibility index (Phi) is 6.07. The van der Waals surface area contributed by atoms with Crippen LogP contribution in [-0.2, 0) is 0 Å². The molecule has 3 nitrogen and oxygen atoms in total. The molecule has 120 valence electrons. The average molecular weight is 365 g/mol. The number of amides is 1. The number of halogens is 1. The lowest BCUT2D eigenvalue weighted by Gasteiger charge is -2.08. The highest BCUT2D eigenvalue weighted by molar-refractivity contribution is 9.10. The maximum atomic E-state index is 12.5. The molecule has 0 radical (unpaired) electrons. The Morgan fingerprint density at radius 2 is 2.05 bits per heavy atom. The summed E-state index contributed by atoms with van der Waals surface area (Å²) in [4.78, 5) is 12.5. The van der Waals surface area contributed by atoms with Gasteiger partial charge < -0.3 is 9.88 Å². The number of benzene rings is 1. The van der Waals surface area contributed by atoms with Crippen LogP contribution in [0.1, 0.15) is 62.9 Å². The lowest BCUT2D eigenvalue weighted by molar-refractivity contribution is 0.0954. The van der Waals surface area contributed by atoms with Crippen molar-refractivity contribution in [1.82, 2.24) is 9.88 Å². The van der Waals surface area contributed by atoms with Crippen molar-refractivity contribution in [3.05, 3.63) is 34.4 Å². The summed E-state index contributed by atoms with van der Waals surface area (Å²) < 4.78 is 3.19. The predicted molar refractivity (Wildman–Crippen MR) is 96.5 cm³/mol. The van der Waals surface area contributed by atoms with Crippen LogP contribution >= 0.6 is 15.9 Å². The number of nitrogens with zero attached hydrogens (tertiary/aromatic N) is 1. The average Bonchev–Trinajstić information content (AvgIpc) is 2.85. The number of unbranched alkanes of at least 4 members (excludes halogenated alkanes) is 3. The van der Waals surface area contributed by atoms with Gasteiger partial charge in [-0.15, -0.1) is 0 Å². The minimum absolute atomic E-state index is 0.0308. The van der Waals surface area contributed by atoms with Gasteiger partial charge in [-0.1, -0.05) is 48.2 Å². The molecule has 0 aliphatic heterocycles. The smallest absolute Gasteiger partial charge is 0.253 e. The first-order chi connectivity index (χ1) is 10.5. The molecule has 0 spiro atoms. The summed E-state index contributed by atoms with van der Waals surface area (Å²) >= 11 is 3.51. The van der Waals surface area contributed by atoms with Crippen molar-refractivity contribution >= 4 is 32.7 Å². The highest BCUT2D eigenvalue weighted by Gasteiger charge is 2.16. The van der Waals surface area contributed by atoms with E-state index in [0.717, 1.165) is 33.9 Å². The zero-order valence-electron chi connectivity index (χ0n) is 13.7. The molecule has 2 rings (SSSR count). The molecular formula is C18H25BrN2O. The summed E-state index contributed by atoms with van der Waals surface area (Å²) in [6.07, 6.45) is 6.65. The summed E-state index contributed by atoms with van der Waals surface area (Å²) in [7, 11) is 0. The number of rotatable bonds is 7. The van der Waals surface area contributed by atoms with Gasteiger partial charge in [-0.3, -0.25) is 4.79 Å². The molecule has 1 N–H and O–H groups in total. The van der Waals surface area contributed by atoms with Crippen molar-refractivity contribution in [1.29, 1.82) is 0 Å². The third kappa shape index (κ3) is 3.92. The molecule has 1 aromatic carbocycles. The van der Waals surface area contributed by atoms with Gasteiger partial charge in [-0.25, -0.2) is 0 Å². The Morgan fingerprint density at radius 1 is 1.27 bits per heavy atom. The van der Waals surface area contributed by atoms with E-state index in [2.05, 4.69) is 52.7 Å². The molecule has 0 bridgehead atoms. The first-order valence-corrected chi connectivity index (χ1v) is 8.92. The molecule has 0 aliphatic carbocycles. The van der Waals surface area contributed by atoms with Gasteiger partial charge >= 0.3 is 0 Å². The lowest BCUT2D eigenvalue weighted by Crippen LogP contribution is -2.24. The second-order valence-corrected chi connectivity index (χ2v) is 6.94. The normalized spacial score (nSPS) is 11.3. The van der Waals surface area contributed by atoms with Crippen molar-refractivity contribution in [2.45, 2.75) is 52.5 Å². The standard InChI is InChI=1S/C18H25BrN2O/c1-4-5-6-7-10-20-18(22)16-12-21(13(2)3)17-11-14(19)8-9-15(16)17/h8-9,11-13H,4-7,10H2,1-3H3,(H,20,22). The highest BCUT2D eigenvalue weighted by atomic mass is 79.9. The molecule has 0 fully saturated rings. The molecular weight excluding hydrogens is 340 g/mol. The van der Waals surface area contributed by atoms with E-state index < -0.39 is 0 Å². The first kappa shape index (κ1) is 17.1. The molecule has 0 aliphatic rings. The van der Waals surface area contributed by atoms with Gasteiger partial charge in [0.15, 0.2) is 0 Å². The zero-order chi connectivity index (χ0) is 16.1. The van der Waals surface area contributed by atoms with E-state index in [9.17, 15) is 4.79 Å². The van der Waals surface area contributed by atoms with Gasteiger partial charge in [0.2, 0.25) is 0 Å². The van der Waals surface area contributed by atoms with Gasteiger partial charge in [0.1, 0.15) is 0 Å². The van der Waals surface area contributed by atoms with Crippen LogP contribution < -0.4 is 5.32 Å². The maximum absolute atomic E-state index is 12.5. The van der Waals surface area contributed by atoms with E-state index in [1.807, 2.05) is 18.3 Å². The number of carbonyl (C=O) groups excluding carboxylic acids is 1. The molecule has 1 heterocycles. The zero-order valence-corrected chi connectivity index (χ0v) is 15.2. The van der Waals surface area contributed by atoms with Crippen molar-refractivity contribution in [3.8, 4) is 0 Å². The second kappa shape index (κ2) is 7.82. The maximum Gasteiger partial charge on any atom is 0.253 e. The molecule has 22 heavy (non-hydrogen) atoms. The Balaban J connectivity index is 2.18. The van der Waals surface area contributed by atoms with E-state index in [1.54, 1.807) is 0 Å². The lowest BCUT2D eigenvalue weighted by atomic mass is 10.1. The quantitative estimate of drug-likeness (QED) is 0.664. The van der Waals surface area contributed by atoms with Crippen LogP contribution in [0.2, 0.25) is 0 Å². The summed E-state index contributed by atoms with van der Waals surface area (Å²) in [5, 5.41) is 4.07. The summed E-state index contributed by atoms with van der Waals surface area (Å²) in [5.74, 6) is 0.0308. The summed E-state index contributed by atoms with van der Waals surface area (Å²) in [6, 6.07) is 6.41. The predicted octanol–water partition coefficient (Wildman–Crippen LogP) is 5.29. The van der Waals surface area contributed by atoms with Crippen LogP contribution in [0.3, 0.4) is 0 Å². The van der Waals surface area contributed by atoms with Crippen LogP contribution in [0, 0.1) is 0 Å². The monoisotopic (exact) mass is 364 g/mol. The summed E-state index contributed by atoms with van der Waals surface area (Å²) in [5.41, 5.74) is 1.87. The fourth-order valence-corrected chi connectivity index (χ4v) is 3.03. The summed E-state index contributed by atoms with van der Waals surface area (Å²) in [6.45, 7) is 7.21. The van der Waals surface area contributed by atoms with E-state index in [-0.39, 0.29) is 5.91 Å². The van der Waals surface area contributed by atoms with Gasteiger partial charge in [0, 0.05) is 28.6 Å². The molecule has 2 aromatic rings. The minimum Gasteiger partial charge on any atom is -0.352 e. The van der Waals surface area contributed by atoms with E-state index in [0.29, 0.717) is 6.04 Å². The van der Waals surface area contributed by atoms with Gasteiger partial charge in [-0.05, 0) is 32.4 Å². The first-order valence-electron chi connectivity index (χ1n) is 8.13. The Bertz CT molecular complexity index is 646. The number of hydrogen-bond donors (Lipinski definition) is 1. The van der Waals surface area contributed by atoms with Crippen molar-refractivity contribution in [3.63, 3.8) is 0 Å². The molecule has 0 saturated heterocycles. The third-order valence-electron chi connectivity index (χ3n) is 3.91. The van der Waals surface area contributed by atoms with Gasteiger partial charge in [-0.2, -0.15) is 0 Å². The van der Waals surface area contributed by atoms with Crippen LogP contribution in [0.25, 0.3) is 10.9 Å².